The third-order valence-corrected chi connectivity index (χ3v) is 12.2. The van der Waals surface area contributed by atoms with Crippen LogP contribution >= 0.6 is 0 Å². The van der Waals surface area contributed by atoms with E-state index in [4.69, 9.17) is 0 Å². The first-order chi connectivity index (χ1) is 16.2. The standard InChI is InChI=1S/C30H41NO4/c1-18-20-7-8-27(5)21(26(20,4)14-19(16-31)24(18)34)13-23(33)30(35)22-15-25(2,3)9-11-29(22,17-32)12-10-28(27,30)6/h13-14,18,20,22,32,35H,7-12,15,17H2,1-6H3/t18-,20-,22?,26-,27+,28-,29+,30?/m0/s1. The summed E-state index contributed by atoms with van der Waals surface area (Å²) in [5, 5.41) is 33.0. The van der Waals surface area contributed by atoms with E-state index < -0.39 is 27.3 Å². The highest BCUT2D eigenvalue weighted by atomic mass is 16.3. The number of aliphatic hydroxyl groups excluding tert-OH is 1. The largest absolute Gasteiger partial charge is 0.396 e. The van der Waals surface area contributed by atoms with Gasteiger partial charge in [-0.2, -0.15) is 5.26 Å². The van der Waals surface area contributed by atoms with Gasteiger partial charge in [0.15, 0.2) is 11.6 Å². The Balaban J connectivity index is 1.73. The number of aliphatic hydroxyl groups is 2. The van der Waals surface area contributed by atoms with Crippen LogP contribution in [0.15, 0.2) is 23.3 Å². The van der Waals surface area contributed by atoms with Gasteiger partial charge in [0.2, 0.25) is 0 Å². The minimum atomic E-state index is -1.55. The molecule has 190 valence electrons. The number of allylic oxidation sites excluding steroid dienone is 3. The fourth-order valence-electron chi connectivity index (χ4n) is 9.65. The number of fused-ring (bicyclic) bond motifs is 7. The molecule has 0 aromatic rings. The van der Waals surface area contributed by atoms with Crippen molar-refractivity contribution >= 4 is 11.6 Å². The molecule has 35 heavy (non-hydrogen) atoms. The van der Waals surface area contributed by atoms with Gasteiger partial charge in [0.05, 0.1) is 5.57 Å². The zero-order chi connectivity index (χ0) is 25.8. The van der Waals surface area contributed by atoms with Crippen molar-refractivity contribution in [3.8, 4) is 6.07 Å². The summed E-state index contributed by atoms with van der Waals surface area (Å²) in [5.74, 6) is -0.888. The van der Waals surface area contributed by atoms with Gasteiger partial charge in [-0.05, 0) is 78.8 Å². The summed E-state index contributed by atoms with van der Waals surface area (Å²) in [7, 11) is 0. The van der Waals surface area contributed by atoms with Crippen LogP contribution in [0.5, 0.6) is 0 Å². The maximum absolute atomic E-state index is 14.2. The van der Waals surface area contributed by atoms with Crippen molar-refractivity contribution in [1.82, 2.24) is 0 Å². The van der Waals surface area contributed by atoms with Crippen LogP contribution in [0.1, 0.15) is 86.5 Å². The van der Waals surface area contributed by atoms with E-state index in [1.807, 2.05) is 13.0 Å². The lowest BCUT2D eigenvalue weighted by molar-refractivity contribution is -0.250. The SMILES string of the molecule is C[C@@H]1C(=O)C(C#N)=C[C@]2(C)C3=CC(=O)C4(O)C5CC(C)(C)CC[C@]5(CO)CC[C@@]4(C)[C@]3(C)CC[C@@H]12. The van der Waals surface area contributed by atoms with Gasteiger partial charge in [0.25, 0.3) is 0 Å². The molecule has 5 rings (SSSR count). The Bertz CT molecular complexity index is 1110. The van der Waals surface area contributed by atoms with Gasteiger partial charge < -0.3 is 10.2 Å². The Morgan fingerprint density at radius 3 is 2.34 bits per heavy atom. The van der Waals surface area contributed by atoms with Crippen LogP contribution in [-0.4, -0.2) is 34.0 Å². The zero-order valence-electron chi connectivity index (χ0n) is 22.2. The molecule has 5 heteroatoms. The topological polar surface area (TPSA) is 98.4 Å². The highest BCUT2D eigenvalue weighted by molar-refractivity contribution is 6.03. The molecule has 0 heterocycles. The fourth-order valence-corrected chi connectivity index (χ4v) is 9.65. The van der Waals surface area contributed by atoms with Gasteiger partial charge in [0.1, 0.15) is 11.7 Å². The van der Waals surface area contributed by atoms with Crippen LogP contribution in [0.3, 0.4) is 0 Å². The van der Waals surface area contributed by atoms with Crippen LogP contribution in [0.25, 0.3) is 0 Å². The lowest BCUT2D eigenvalue weighted by atomic mass is 9.33. The number of nitrogens with zero attached hydrogens (tertiary/aromatic N) is 1. The van der Waals surface area contributed by atoms with Crippen molar-refractivity contribution in [2.75, 3.05) is 6.61 Å². The number of carbonyl (C=O) groups is 2. The smallest absolute Gasteiger partial charge is 0.188 e. The van der Waals surface area contributed by atoms with Crippen LogP contribution in [-0.2, 0) is 9.59 Å². The van der Waals surface area contributed by atoms with Gasteiger partial charge >= 0.3 is 0 Å². The van der Waals surface area contributed by atoms with E-state index in [9.17, 15) is 25.1 Å². The molecule has 3 saturated carbocycles. The molecule has 0 radical (unpaired) electrons. The fraction of sp³-hybridized carbons (Fsp3) is 0.767. The predicted octanol–water partition coefficient (Wildman–Crippen LogP) is 4.92. The molecule has 0 spiro atoms. The van der Waals surface area contributed by atoms with Crippen molar-refractivity contribution < 1.29 is 19.8 Å². The summed E-state index contributed by atoms with van der Waals surface area (Å²) in [6, 6.07) is 2.12. The van der Waals surface area contributed by atoms with Crippen molar-refractivity contribution in [3.05, 3.63) is 23.3 Å². The number of hydrogen-bond acceptors (Lipinski definition) is 5. The summed E-state index contributed by atoms with van der Waals surface area (Å²) in [6.07, 6.45) is 9.14. The van der Waals surface area contributed by atoms with Gasteiger partial charge in [0, 0.05) is 29.3 Å². The number of hydrogen-bond donors (Lipinski definition) is 2. The number of nitriles is 1. The maximum atomic E-state index is 14.2. The summed E-state index contributed by atoms with van der Waals surface area (Å²) in [6.45, 7) is 12.7. The minimum Gasteiger partial charge on any atom is -0.396 e. The van der Waals surface area contributed by atoms with E-state index in [2.05, 4.69) is 40.7 Å². The van der Waals surface area contributed by atoms with Crippen LogP contribution < -0.4 is 0 Å². The van der Waals surface area contributed by atoms with Crippen LogP contribution in [0.4, 0.5) is 0 Å². The summed E-state index contributed by atoms with van der Waals surface area (Å²) < 4.78 is 0. The molecule has 5 aliphatic rings. The highest BCUT2D eigenvalue weighted by Crippen LogP contribution is 2.74. The molecule has 0 bridgehead atoms. The van der Waals surface area contributed by atoms with Gasteiger partial charge in [-0.3, -0.25) is 9.59 Å². The maximum Gasteiger partial charge on any atom is 0.188 e. The quantitative estimate of drug-likeness (QED) is 0.556. The van der Waals surface area contributed by atoms with E-state index in [0.29, 0.717) is 12.8 Å². The third-order valence-electron chi connectivity index (χ3n) is 12.2. The molecular weight excluding hydrogens is 438 g/mol. The first-order valence-corrected chi connectivity index (χ1v) is 13.4. The lowest BCUT2D eigenvalue weighted by Crippen LogP contribution is -2.74. The van der Waals surface area contributed by atoms with Crippen LogP contribution in [0.2, 0.25) is 0 Å². The van der Waals surface area contributed by atoms with Crippen molar-refractivity contribution in [1.29, 1.82) is 5.26 Å². The van der Waals surface area contributed by atoms with Crippen molar-refractivity contribution in [3.63, 3.8) is 0 Å². The second-order valence-electron chi connectivity index (χ2n) is 14.0. The Morgan fingerprint density at radius 1 is 1.06 bits per heavy atom. The summed E-state index contributed by atoms with van der Waals surface area (Å²) >= 11 is 0. The van der Waals surface area contributed by atoms with Gasteiger partial charge in [-0.25, -0.2) is 0 Å². The molecule has 0 saturated heterocycles. The molecule has 5 aliphatic carbocycles. The monoisotopic (exact) mass is 479 g/mol. The van der Waals surface area contributed by atoms with Crippen LogP contribution in [0, 0.1) is 56.2 Å². The predicted molar refractivity (Wildman–Crippen MR) is 133 cm³/mol. The van der Waals surface area contributed by atoms with E-state index >= 15 is 0 Å². The molecule has 8 atom stereocenters. The number of Topliss-reactive ketones (excluding diaryl/α,β-unsaturated/α-hetero) is 1. The van der Waals surface area contributed by atoms with Crippen molar-refractivity contribution in [2.45, 2.75) is 92.1 Å². The molecule has 0 aromatic heterocycles. The van der Waals surface area contributed by atoms with E-state index in [1.165, 1.54) is 0 Å². The Kier molecular flexibility index (Phi) is 5.10. The normalized spacial score (nSPS) is 50.5. The average molecular weight is 480 g/mol. The third kappa shape index (κ3) is 2.76. The molecule has 2 N–H and O–H groups in total. The van der Waals surface area contributed by atoms with E-state index in [1.54, 1.807) is 6.08 Å². The summed E-state index contributed by atoms with van der Waals surface area (Å²) in [5.41, 5.74) is -2.54. The number of ketones is 2. The van der Waals surface area contributed by atoms with E-state index in [0.717, 1.165) is 37.7 Å². The lowest BCUT2D eigenvalue weighted by Gasteiger charge is -2.71. The first kappa shape index (κ1) is 24.9. The van der Waals surface area contributed by atoms with E-state index in [-0.39, 0.29) is 46.9 Å². The molecule has 3 fully saturated rings. The molecule has 5 nitrogen and oxygen atoms in total. The van der Waals surface area contributed by atoms with Gasteiger partial charge in [-0.1, -0.05) is 47.6 Å². The average Bonchev–Trinajstić information content (AvgIpc) is 2.80. The highest BCUT2D eigenvalue weighted by Gasteiger charge is 2.75. The number of rotatable bonds is 1. The molecule has 0 aromatic carbocycles. The summed E-state index contributed by atoms with van der Waals surface area (Å²) in [4.78, 5) is 27.1. The molecule has 2 unspecified atom stereocenters. The Labute approximate surface area is 209 Å². The molecule has 0 aliphatic heterocycles. The first-order valence-electron chi connectivity index (χ1n) is 13.4. The number of carbonyl (C=O) groups excluding carboxylic acids is 2. The zero-order valence-corrected chi connectivity index (χ0v) is 22.2. The minimum absolute atomic E-state index is 0.000382. The Hall–Kier alpha value is -1.77. The van der Waals surface area contributed by atoms with Gasteiger partial charge in [-0.15, -0.1) is 0 Å². The second-order valence-corrected chi connectivity index (χ2v) is 14.0. The molecule has 0 amide bonds. The second kappa shape index (κ2) is 7.17. The Morgan fingerprint density at radius 2 is 1.71 bits per heavy atom. The van der Waals surface area contributed by atoms with Crippen molar-refractivity contribution in [2.24, 2.45) is 44.8 Å². The molecular formula is C30H41NO4.